The van der Waals surface area contributed by atoms with Crippen LogP contribution in [0.2, 0.25) is 0 Å². The number of anilines is 1. The summed E-state index contributed by atoms with van der Waals surface area (Å²) in [6.07, 6.45) is 0. The highest BCUT2D eigenvalue weighted by Gasteiger charge is 2.16. The lowest BCUT2D eigenvalue weighted by Gasteiger charge is -2.18. The quantitative estimate of drug-likeness (QED) is 0.561. The van der Waals surface area contributed by atoms with Gasteiger partial charge >= 0.3 is 0 Å². The molecule has 3 aromatic rings. The molecule has 1 N–H and O–H groups in total. The molecule has 0 aliphatic heterocycles. The number of nitrogens with zero attached hydrogens (tertiary/aromatic N) is 3. The molecule has 0 fully saturated rings. The number of fused-ring (bicyclic) bond motifs is 1. The Hall–Kier alpha value is -3.46. The van der Waals surface area contributed by atoms with E-state index < -0.39 is 4.92 Å². The highest BCUT2D eigenvalue weighted by Crippen LogP contribution is 2.31. The maximum atomic E-state index is 11.3. The maximum Gasteiger partial charge on any atom is 0.295 e. The molecule has 6 heteroatoms. The normalized spacial score (nSPS) is 11.7. The van der Waals surface area contributed by atoms with E-state index in [1.807, 2.05) is 38.1 Å². The van der Waals surface area contributed by atoms with Crippen molar-refractivity contribution in [2.45, 2.75) is 19.9 Å². The highest BCUT2D eigenvalue weighted by molar-refractivity contribution is 5.96. The minimum atomic E-state index is -0.414. The zero-order valence-corrected chi connectivity index (χ0v) is 13.9. The van der Waals surface area contributed by atoms with E-state index in [1.54, 1.807) is 18.2 Å². The Kier molecular flexibility index (Phi) is 4.31. The van der Waals surface area contributed by atoms with Gasteiger partial charge in [-0.1, -0.05) is 24.3 Å². The van der Waals surface area contributed by atoms with Crippen LogP contribution in [0.25, 0.3) is 10.9 Å². The van der Waals surface area contributed by atoms with E-state index in [9.17, 15) is 10.1 Å². The van der Waals surface area contributed by atoms with E-state index in [4.69, 9.17) is 5.26 Å². The van der Waals surface area contributed by atoms with Gasteiger partial charge in [0.05, 0.1) is 16.6 Å². The smallest absolute Gasteiger partial charge is 0.295 e. The van der Waals surface area contributed by atoms with Gasteiger partial charge in [-0.3, -0.25) is 10.1 Å². The second-order valence-electron chi connectivity index (χ2n) is 5.84. The van der Waals surface area contributed by atoms with Crippen molar-refractivity contribution in [2.24, 2.45) is 0 Å². The molecular weight excluding hydrogens is 316 g/mol. The van der Waals surface area contributed by atoms with Crippen LogP contribution >= 0.6 is 0 Å². The summed E-state index contributed by atoms with van der Waals surface area (Å²) < 4.78 is 0. The lowest BCUT2D eigenvalue weighted by Crippen LogP contribution is -2.08. The van der Waals surface area contributed by atoms with Crippen LogP contribution in [0.3, 0.4) is 0 Å². The molecule has 2 aromatic carbocycles. The van der Waals surface area contributed by atoms with Gasteiger partial charge < -0.3 is 5.32 Å². The van der Waals surface area contributed by atoms with Gasteiger partial charge in [-0.2, -0.15) is 5.26 Å². The number of nitriles is 1. The number of pyridine rings is 1. The first-order chi connectivity index (χ1) is 12.0. The van der Waals surface area contributed by atoms with Crippen molar-refractivity contribution < 1.29 is 4.92 Å². The Morgan fingerprint density at radius 3 is 2.60 bits per heavy atom. The fourth-order valence-electron chi connectivity index (χ4n) is 2.79. The summed E-state index contributed by atoms with van der Waals surface area (Å²) in [6.45, 7) is 3.81. The Bertz CT molecular complexity index is 991. The predicted molar refractivity (Wildman–Crippen MR) is 96.3 cm³/mol. The van der Waals surface area contributed by atoms with Crippen molar-refractivity contribution >= 4 is 22.3 Å². The third-order valence-electron chi connectivity index (χ3n) is 4.05. The Balaban J connectivity index is 2.02. The maximum absolute atomic E-state index is 11.3. The van der Waals surface area contributed by atoms with Crippen LogP contribution in [0.4, 0.5) is 11.4 Å². The molecule has 0 spiro atoms. The molecule has 25 heavy (non-hydrogen) atoms. The van der Waals surface area contributed by atoms with E-state index in [0.717, 1.165) is 11.3 Å². The van der Waals surface area contributed by atoms with Crippen molar-refractivity contribution in [3.05, 3.63) is 75.5 Å². The first-order valence-corrected chi connectivity index (χ1v) is 7.81. The first kappa shape index (κ1) is 16.4. The largest absolute Gasteiger partial charge is 0.378 e. The third kappa shape index (κ3) is 3.26. The Labute approximate surface area is 144 Å². The number of nitrogens with one attached hydrogen (secondary N) is 1. The number of nitro groups is 1. The van der Waals surface area contributed by atoms with Gasteiger partial charge in [0.15, 0.2) is 5.52 Å². The zero-order chi connectivity index (χ0) is 18.0. The van der Waals surface area contributed by atoms with E-state index in [2.05, 4.69) is 16.4 Å². The molecule has 0 saturated heterocycles. The molecule has 0 amide bonds. The number of benzene rings is 2. The number of non-ortho nitro benzene ring substituents is 1. The van der Waals surface area contributed by atoms with Crippen LogP contribution in [0.5, 0.6) is 0 Å². The topological polar surface area (TPSA) is 91.8 Å². The second kappa shape index (κ2) is 6.57. The van der Waals surface area contributed by atoms with Gasteiger partial charge in [0.1, 0.15) is 0 Å². The van der Waals surface area contributed by atoms with Gasteiger partial charge in [0.2, 0.25) is 0 Å². The summed E-state index contributed by atoms with van der Waals surface area (Å²) in [5.74, 6) is 0. The number of hydrogen-bond acceptors (Lipinski definition) is 5. The number of rotatable bonds is 4. The highest BCUT2D eigenvalue weighted by atomic mass is 16.6. The molecule has 0 bridgehead atoms. The third-order valence-corrected chi connectivity index (χ3v) is 4.05. The van der Waals surface area contributed by atoms with Crippen LogP contribution in [0.15, 0.2) is 48.5 Å². The molecule has 1 atom stereocenters. The number of nitro benzene ring substituents is 1. The van der Waals surface area contributed by atoms with E-state index in [1.165, 1.54) is 6.07 Å². The number of aryl methyl sites for hydroxylation is 1. The molecule has 124 valence electrons. The summed E-state index contributed by atoms with van der Waals surface area (Å²) >= 11 is 0. The SMILES string of the molecule is Cc1cc(NC(C)c2ccc(C#N)cc2)c2cccc([N+](=O)[O-])c2n1. The monoisotopic (exact) mass is 332 g/mol. The summed E-state index contributed by atoms with van der Waals surface area (Å²) in [6, 6.07) is 16.2. The standard InChI is InChI=1S/C19H16N4O2/c1-12-10-17(16-4-3-5-18(23(24)25)19(16)21-12)22-13(2)15-8-6-14(11-20)7-9-15/h3-10,13H,1-2H3,(H,21,22). The molecule has 1 aromatic heterocycles. The molecule has 3 rings (SSSR count). The fourth-order valence-corrected chi connectivity index (χ4v) is 2.79. The first-order valence-electron chi connectivity index (χ1n) is 7.81. The van der Waals surface area contributed by atoms with Crippen LogP contribution in [-0.2, 0) is 0 Å². The van der Waals surface area contributed by atoms with E-state index in [0.29, 0.717) is 22.2 Å². The lowest BCUT2D eigenvalue weighted by atomic mass is 10.0. The van der Waals surface area contributed by atoms with Gasteiger partial charge in [-0.25, -0.2) is 4.98 Å². The Morgan fingerprint density at radius 1 is 1.24 bits per heavy atom. The van der Waals surface area contributed by atoms with E-state index >= 15 is 0 Å². The average molecular weight is 332 g/mol. The van der Waals surface area contributed by atoms with Crippen molar-refractivity contribution in [3.8, 4) is 6.07 Å². The minimum Gasteiger partial charge on any atom is -0.378 e. The summed E-state index contributed by atoms with van der Waals surface area (Å²) in [5.41, 5.74) is 3.50. The van der Waals surface area contributed by atoms with Crippen molar-refractivity contribution in [2.75, 3.05) is 5.32 Å². The van der Waals surface area contributed by atoms with E-state index in [-0.39, 0.29) is 11.7 Å². The lowest BCUT2D eigenvalue weighted by molar-refractivity contribution is -0.383. The number of aromatic nitrogens is 1. The summed E-state index contributed by atoms with van der Waals surface area (Å²) in [5, 5.41) is 24.3. The van der Waals surface area contributed by atoms with Crippen LogP contribution in [-0.4, -0.2) is 9.91 Å². The fraction of sp³-hybridized carbons (Fsp3) is 0.158. The average Bonchev–Trinajstić information content (AvgIpc) is 2.61. The molecular formula is C19H16N4O2. The minimum absolute atomic E-state index is 0.00437. The van der Waals surface area contributed by atoms with Crippen LogP contribution in [0, 0.1) is 28.4 Å². The molecule has 1 unspecified atom stereocenters. The van der Waals surface area contributed by atoms with Gasteiger partial charge in [0.25, 0.3) is 5.69 Å². The van der Waals surface area contributed by atoms with Crippen molar-refractivity contribution in [1.82, 2.24) is 4.98 Å². The van der Waals surface area contributed by atoms with Crippen LogP contribution < -0.4 is 5.32 Å². The number of hydrogen-bond donors (Lipinski definition) is 1. The van der Waals surface area contributed by atoms with Crippen LogP contribution in [0.1, 0.15) is 29.8 Å². The zero-order valence-electron chi connectivity index (χ0n) is 13.9. The molecule has 1 heterocycles. The number of para-hydroxylation sites is 1. The molecule has 0 saturated carbocycles. The van der Waals surface area contributed by atoms with Crippen molar-refractivity contribution in [3.63, 3.8) is 0 Å². The van der Waals surface area contributed by atoms with Gasteiger partial charge in [0, 0.05) is 28.9 Å². The summed E-state index contributed by atoms with van der Waals surface area (Å²) in [7, 11) is 0. The molecule has 0 radical (unpaired) electrons. The Morgan fingerprint density at radius 2 is 1.96 bits per heavy atom. The molecule has 0 aliphatic carbocycles. The molecule has 6 nitrogen and oxygen atoms in total. The molecule has 0 aliphatic rings. The summed E-state index contributed by atoms with van der Waals surface area (Å²) in [4.78, 5) is 15.2. The van der Waals surface area contributed by atoms with Gasteiger partial charge in [-0.05, 0) is 37.6 Å². The van der Waals surface area contributed by atoms with Crippen molar-refractivity contribution in [1.29, 1.82) is 5.26 Å². The predicted octanol–water partition coefficient (Wildman–Crippen LogP) is 4.50. The van der Waals surface area contributed by atoms with Gasteiger partial charge in [-0.15, -0.1) is 0 Å². The second-order valence-corrected chi connectivity index (χ2v) is 5.84.